The lowest BCUT2D eigenvalue weighted by Crippen LogP contribution is -2.03. The van der Waals surface area contributed by atoms with Crippen LogP contribution in [0.2, 0.25) is 5.15 Å². The second-order valence-electron chi connectivity index (χ2n) is 3.33. The zero-order valence-corrected chi connectivity index (χ0v) is 8.95. The van der Waals surface area contributed by atoms with Gasteiger partial charge in [0.05, 0.1) is 18.3 Å². The Hall–Kier alpha value is -1.82. The van der Waals surface area contributed by atoms with Crippen molar-refractivity contribution in [3.8, 4) is 0 Å². The maximum absolute atomic E-state index is 10.6. The van der Waals surface area contributed by atoms with Crippen LogP contribution >= 0.6 is 11.6 Å². The molecule has 2 aromatic rings. The number of aromatic amines is 2. The lowest BCUT2D eigenvalue weighted by atomic mass is 10.1. The summed E-state index contributed by atoms with van der Waals surface area (Å²) in [5, 5.41) is 21.9. The van der Waals surface area contributed by atoms with E-state index in [-0.39, 0.29) is 6.42 Å². The van der Waals surface area contributed by atoms with Crippen LogP contribution in [-0.2, 0) is 17.6 Å². The SMILES string of the molecule is O=C(O)Cc1[nH]nc(Cl)c1Cc1cn[nH]c1. The third kappa shape index (κ3) is 2.22. The molecule has 0 bridgehead atoms. The van der Waals surface area contributed by atoms with Crippen molar-refractivity contribution in [3.05, 3.63) is 34.4 Å². The van der Waals surface area contributed by atoms with Crippen molar-refractivity contribution >= 4 is 17.6 Å². The van der Waals surface area contributed by atoms with Gasteiger partial charge >= 0.3 is 5.97 Å². The van der Waals surface area contributed by atoms with Gasteiger partial charge in [0, 0.05) is 18.2 Å². The van der Waals surface area contributed by atoms with Crippen LogP contribution < -0.4 is 0 Å². The predicted molar refractivity (Wildman–Crippen MR) is 56.3 cm³/mol. The lowest BCUT2D eigenvalue weighted by Gasteiger charge is -1.99. The number of aliphatic carboxylic acids is 1. The van der Waals surface area contributed by atoms with E-state index < -0.39 is 5.97 Å². The van der Waals surface area contributed by atoms with Gasteiger partial charge in [-0.05, 0) is 5.56 Å². The van der Waals surface area contributed by atoms with E-state index in [0.717, 1.165) is 5.56 Å². The Labute approximate surface area is 95.6 Å². The molecule has 0 unspecified atom stereocenters. The summed E-state index contributed by atoms with van der Waals surface area (Å²) in [7, 11) is 0. The number of aromatic nitrogens is 4. The summed E-state index contributed by atoms with van der Waals surface area (Å²) in [5.41, 5.74) is 2.15. The maximum Gasteiger partial charge on any atom is 0.309 e. The van der Waals surface area contributed by atoms with Gasteiger partial charge in [0.1, 0.15) is 0 Å². The molecule has 0 amide bonds. The van der Waals surface area contributed by atoms with Crippen LogP contribution in [0.25, 0.3) is 0 Å². The standard InChI is InChI=1S/C9H9ClN4O2/c10-9-6(1-5-3-11-12-4-5)7(13-14-9)2-8(15)16/h3-4H,1-2H2,(H,11,12)(H,13,14)(H,15,16). The van der Waals surface area contributed by atoms with Crippen molar-refractivity contribution in [3.63, 3.8) is 0 Å². The van der Waals surface area contributed by atoms with Gasteiger partial charge in [-0.2, -0.15) is 10.2 Å². The van der Waals surface area contributed by atoms with Crippen LogP contribution in [-0.4, -0.2) is 31.5 Å². The third-order valence-electron chi connectivity index (χ3n) is 2.17. The minimum Gasteiger partial charge on any atom is -0.481 e. The highest BCUT2D eigenvalue weighted by atomic mass is 35.5. The molecule has 0 atom stereocenters. The van der Waals surface area contributed by atoms with Crippen LogP contribution in [0.4, 0.5) is 0 Å². The van der Waals surface area contributed by atoms with Gasteiger partial charge in [-0.3, -0.25) is 15.0 Å². The normalized spacial score (nSPS) is 10.6. The molecule has 84 valence electrons. The van der Waals surface area contributed by atoms with Gasteiger partial charge in [-0.1, -0.05) is 11.6 Å². The summed E-state index contributed by atoms with van der Waals surface area (Å²) in [4.78, 5) is 10.6. The Morgan fingerprint density at radius 2 is 2.38 bits per heavy atom. The second-order valence-corrected chi connectivity index (χ2v) is 3.68. The molecule has 2 aromatic heterocycles. The van der Waals surface area contributed by atoms with Gasteiger partial charge in [0.2, 0.25) is 0 Å². The third-order valence-corrected chi connectivity index (χ3v) is 2.48. The minimum atomic E-state index is -0.922. The van der Waals surface area contributed by atoms with E-state index in [4.69, 9.17) is 16.7 Å². The summed E-state index contributed by atoms with van der Waals surface area (Å²) in [6.07, 6.45) is 3.78. The minimum absolute atomic E-state index is 0.118. The topological polar surface area (TPSA) is 94.7 Å². The Bertz CT molecular complexity index is 492. The molecule has 2 heterocycles. The molecule has 7 heteroatoms. The molecule has 0 aliphatic carbocycles. The van der Waals surface area contributed by atoms with Crippen molar-refractivity contribution in [2.45, 2.75) is 12.8 Å². The monoisotopic (exact) mass is 240 g/mol. The van der Waals surface area contributed by atoms with Crippen molar-refractivity contribution in [2.75, 3.05) is 0 Å². The molecule has 6 nitrogen and oxygen atoms in total. The van der Waals surface area contributed by atoms with Crippen molar-refractivity contribution in [2.24, 2.45) is 0 Å². The molecule has 0 radical (unpaired) electrons. The zero-order chi connectivity index (χ0) is 11.5. The van der Waals surface area contributed by atoms with Crippen LogP contribution in [0.5, 0.6) is 0 Å². The fraction of sp³-hybridized carbons (Fsp3) is 0.222. The van der Waals surface area contributed by atoms with E-state index in [9.17, 15) is 4.79 Å². The number of halogens is 1. The highest BCUT2D eigenvalue weighted by molar-refractivity contribution is 6.30. The molecule has 16 heavy (non-hydrogen) atoms. The van der Waals surface area contributed by atoms with E-state index in [1.54, 1.807) is 12.4 Å². The number of carboxylic acids is 1. The average molecular weight is 241 g/mol. The smallest absolute Gasteiger partial charge is 0.309 e. The van der Waals surface area contributed by atoms with Gasteiger partial charge < -0.3 is 5.11 Å². The number of H-pyrrole nitrogens is 2. The van der Waals surface area contributed by atoms with Gasteiger partial charge in [-0.25, -0.2) is 0 Å². The number of nitrogens with zero attached hydrogens (tertiary/aromatic N) is 2. The molecule has 0 aliphatic rings. The van der Waals surface area contributed by atoms with Crippen molar-refractivity contribution < 1.29 is 9.90 Å². The second kappa shape index (κ2) is 4.36. The van der Waals surface area contributed by atoms with Crippen LogP contribution in [0.3, 0.4) is 0 Å². The highest BCUT2D eigenvalue weighted by Gasteiger charge is 2.14. The molecule has 0 aliphatic heterocycles. The van der Waals surface area contributed by atoms with Crippen molar-refractivity contribution in [1.29, 1.82) is 0 Å². The van der Waals surface area contributed by atoms with Crippen molar-refractivity contribution in [1.82, 2.24) is 20.4 Å². The number of rotatable bonds is 4. The fourth-order valence-corrected chi connectivity index (χ4v) is 1.65. The summed E-state index contributed by atoms with van der Waals surface area (Å²) in [6, 6.07) is 0. The first-order valence-corrected chi connectivity index (χ1v) is 4.95. The van der Waals surface area contributed by atoms with E-state index >= 15 is 0 Å². The van der Waals surface area contributed by atoms with Gasteiger partial charge in [0.15, 0.2) is 5.15 Å². The zero-order valence-electron chi connectivity index (χ0n) is 8.20. The summed E-state index contributed by atoms with van der Waals surface area (Å²) < 4.78 is 0. The van der Waals surface area contributed by atoms with Crippen LogP contribution in [0, 0.1) is 0 Å². The van der Waals surface area contributed by atoms with E-state index in [1.807, 2.05) is 0 Å². The molecular formula is C9H9ClN4O2. The molecule has 2 rings (SSSR count). The Morgan fingerprint density at radius 3 is 3.00 bits per heavy atom. The largest absolute Gasteiger partial charge is 0.481 e. The lowest BCUT2D eigenvalue weighted by molar-refractivity contribution is -0.136. The number of hydrogen-bond acceptors (Lipinski definition) is 3. The number of carboxylic acid groups (broad SMARTS) is 1. The molecule has 0 saturated carbocycles. The predicted octanol–water partition coefficient (Wildman–Crippen LogP) is 1.00. The molecule has 0 aromatic carbocycles. The summed E-state index contributed by atoms with van der Waals surface area (Å²) in [6.45, 7) is 0. The van der Waals surface area contributed by atoms with E-state index in [2.05, 4.69) is 20.4 Å². The average Bonchev–Trinajstić information content (AvgIpc) is 2.82. The molecule has 0 fully saturated rings. The first-order chi connectivity index (χ1) is 7.66. The Kier molecular flexibility index (Phi) is 2.91. The molecule has 3 N–H and O–H groups in total. The highest BCUT2D eigenvalue weighted by Crippen LogP contribution is 2.20. The summed E-state index contributed by atoms with van der Waals surface area (Å²) in [5.74, 6) is -0.922. The number of carbonyl (C=O) groups is 1. The number of hydrogen-bond donors (Lipinski definition) is 3. The number of nitrogens with one attached hydrogen (secondary N) is 2. The van der Waals surface area contributed by atoms with Gasteiger partial charge in [0.25, 0.3) is 0 Å². The van der Waals surface area contributed by atoms with E-state index in [1.165, 1.54) is 0 Å². The quantitative estimate of drug-likeness (QED) is 0.743. The molecule has 0 saturated heterocycles. The Morgan fingerprint density at radius 1 is 1.56 bits per heavy atom. The fourth-order valence-electron chi connectivity index (χ4n) is 1.43. The maximum atomic E-state index is 10.6. The van der Waals surface area contributed by atoms with Crippen LogP contribution in [0.15, 0.2) is 12.4 Å². The Balaban J connectivity index is 2.25. The molecular weight excluding hydrogens is 232 g/mol. The van der Waals surface area contributed by atoms with E-state index in [0.29, 0.717) is 22.8 Å². The summed E-state index contributed by atoms with van der Waals surface area (Å²) >= 11 is 5.88. The first-order valence-electron chi connectivity index (χ1n) is 4.58. The van der Waals surface area contributed by atoms with Gasteiger partial charge in [-0.15, -0.1) is 0 Å². The first kappa shape index (κ1) is 10.7. The van der Waals surface area contributed by atoms with Crippen LogP contribution in [0.1, 0.15) is 16.8 Å². The molecule has 0 spiro atoms.